The second-order valence-electron chi connectivity index (χ2n) is 10.0. The van der Waals surface area contributed by atoms with Crippen LogP contribution in [-0.4, -0.2) is 80.7 Å². The summed E-state index contributed by atoms with van der Waals surface area (Å²) in [6, 6.07) is 10.1. The van der Waals surface area contributed by atoms with E-state index in [1.54, 1.807) is 43.1 Å². The first kappa shape index (κ1) is 27.5. The summed E-state index contributed by atoms with van der Waals surface area (Å²) in [5.41, 5.74) is 1.39. The summed E-state index contributed by atoms with van der Waals surface area (Å²) >= 11 is 0. The quantitative estimate of drug-likeness (QED) is 0.612. The molecule has 4 rings (SSSR count). The number of amides is 1. The van der Waals surface area contributed by atoms with Crippen LogP contribution in [0.2, 0.25) is 0 Å². The number of halogens is 1. The molecule has 0 unspecified atom stereocenters. The second kappa shape index (κ2) is 11.5. The van der Waals surface area contributed by atoms with Gasteiger partial charge in [0, 0.05) is 44.7 Å². The van der Waals surface area contributed by atoms with Crippen molar-refractivity contribution in [3.05, 3.63) is 48.3 Å². The monoisotopic (exact) mass is 534 g/mol. The smallest absolute Gasteiger partial charge is 0.247 e. The number of carbonyl (C=O) groups is 1. The SMILES string of the molecule is C[C@H]1CN([C@@H](C)CO)S(=O)(=O)c2ccc(-c3ccc(F)cc3)cc2O[C@@H]1CN(C)C(=O)C1CCOCC1. The topological polar surface area (TPSA) is 96.4 Å². The van der Waals surface area contributed by atoms with Crippen LogP contribution in [-0.2, 0) is 19.6 Å². The lowest BCUT2D eigenvalue weighted by atomic mass is 9.97. The van der Waals surface area contributed by atoms with Gasteiger partial charge in [0.2, 0.25) is 15.9 Å². The molecule has 1 N–H and O–H groups in total. The van der Waals surface area contributed by atoms with Gasteiger partial charge < -0.3 is 19.5 Å². The fourth-order valence-corrected chi connectivity index (χ4v) is 6.71. The normalized spacial score (nSPS) is 23.3. The minimum absolute atomic E-state index is 0.00558. The molecule has 37 heavy (non-hydrogen) atoms. The number of hydrogen-bond donors (Lipinski definition) is 1. The zero-order valence-electron chi connectivity index (χ0n) is 21.5. The summed E-state index contributed by atoms with van der Waals surface area (Å²) in [5.74, 6) is -0.564. The highest BCUT2D eigenvalue weighted by Gasteiger charge is 2.39. The molecular formula is C27H35FN2O6S. The Kier molecular flexibility index (Phi) is 8.52. The number of sulfonamides is 1. The van der Waals surface area contributed by atoms with E-state index in [1.165, 1.54) is 22.5 Å². The Balaban J connectivity index is 1.71. The van der Waals surface area contributed by atoms with Crippen LogP contribution in [0.1, 0.15) is 26.7 Å². The molecule has 2 heterocycles. The Hall–Kier alpha value is -2.53. The molecule has 1 amide bonds. The number of rotatable bonds is 6. The molecule has 10 heteroatoms. The van der Waals surface area contributed by atoms with E-state index in [0.717, 1.165) is 0 Å². The van der Waals surface area contributed by atoms with Crippen molar-refractivity contribution in [2.24, 2.45) is 11.8 Å². The summed E-state index contributed by atoms with van der Waals surface area (Å²) in [5, 5.41) is 9.83. The lowest BCUT2D eigenvalue weighted by Crippen LogP contribution is -2.50. The van der Waals surface area contributed by atoms with Crippen molar-refractivity contribution in [1.29, 1.82) is 0 Å². The van der Waals surface area contributed by atoms with Crippen LogP contribution in [0.15, 0.2) is 47.4 Å². The van der Waals surface area contributed by atoms with Crippen molar-refractivity contribution in [2.45, 2.75) is 43.7 Å². The van der Waals surface area contributed by atoms with Crippen molar-refractivity contribution in [1.82, 2.24) is 9.21 Å². The van der Waals surface area contributed by atoms with Crippen LogP contribution in [0.3, 0.4) is 0 Å². The Morgan fingerprint density at radius 3 is 2.46 bits per heavy atom. The Morgan fingerprint density at radius 1 is 1.16 bits per heavy atom. The fraction of sp³-hybridized carbons (Fsp3) is 0.519. The van der Waals surface area contributed by atoms with E-state index in [9.17, 15) is 22.7 Å². The molecular weight excluding hydrogens is 499 g/mol. The molecule has 0 radical (unpaired) electrons. The third-order valence-corrected chi connectivity index (χ3v) is 9.26. The zero-order valence-corrected chi connectivity index (χ0v) is 22.3. The molecule has 0 aromatic heterocycles. The van der Waals surface area contributed by atoms with E-state index in [1.807, 2.05) is 6.92 Å². The first-order valence-corrected chi connectivity index (χ1v) is 14.1. The number of ether oxygens (including phenoxy) is 2. The maximum Gasteiger partial charge on any atom is 0.247 e. The number of aliphatic hydroxyl groups is 1. The highest BCUT2D eigenvalue weighted by Crippen LogP contribution is 2.36. The van der Waals surface area contributed by atoms with E-state index in [4.69, 9.17) is 9.47 Å². The van der Waals surface area contributed by atoms with Gasteiger partial charge in [-0.3, -0.25) is 4.79 Å². The van der Waals surface area contributed by atoms with Gasteiger partial charge in [-0.1, -0.05) is 25.1 Å². The van der Waals surface area contributed by atoms with Gasteiger partial charge >= 0.3 is 0 Å². The van der Waals surface area contributed by atoms with Crippen LogP contribution < -0.4 is 4.74 Å². The molecule has 0 saturated carbocycles. The van der Waals surface area contributed by atoms with Gasteiger partial charge in [0.15, 0.2) is 0 Å². The standard InChI is InChI=1S/C27H35FN2O6S/c1-18-15-30(19(2)17-31)37(33,34)26-9-6-22(20-4-7-23(28)8-5-20)14-24(26)36-25(18)16-29(3)27(32)21-10-12-35-13-11-21/h4-9,14,18-19,21,25,31H,10-13,15-17H2,1-3H3/t18-,19-,25+/m0/s1. The average molecular weight is 535 g/mol. The average Bonchev–Trinajstić information content (AvgIpc) is 2.90. The molecule has 1 saturated heterocycles. The van der Waals surface area contributed by atoms with Gasteiger partial charge in [0.1, 0.15) is 22.6 Å². The number of likely N-dealkylation sites (N-methyl/N-ethyl adjacent to an activating group) is 1. The second-order valence-corrected chi connectivity index (χ2v) is 11.9. The zero-order chi connectivity index (χ0) is 26.7. The molecule has 0 spiro atoms. The lowest BCUT2D eigenvalue weighted by Gasteiger charge is -2.38. The Labute approximate surface area is 218 Å². The van der Waals surface area contributed by atoms with Gasteiger partial charge in [-0.15, -0.1) is 0 Å². The highest BCUT2D eigenvalue weighted by atomic mass is 32.2. The minimum Gasteiger partial charge on any atom is -0.487 e. The van der Waals surface area contributed by atoms with E-state index in [0.29, 0.717) is 37.2 Å². The molecule has 2 aliphatic rings. The van der Waals surface area contributed by atoms with Crippen molar-refractivity contribution < 1.29 is 32.2 Å². The van der Waals surface area contributed by atoms with Crippen LogP contribution in [0.4, 0.5) is 4.39 Å². The van der Waals surface area contributed by atoms with E-state index in [2.05, 4.69) is 0 Å². The Bertz CT molecular complexity index is 1200. The van der Waals surface area contributed by atoms with Crippen molar-refractivity contribution in [2.75, 3.05) is 40.0 Å². The number of hydrogen-bond acceptors (Lipinski definition) is 6. The van der Waals surface area contributed by atoms with Gasteiger partial charge in [0.05, 0.1) is 13.2 Å². The summed E-state index contributed by atoms with van der Waals surface area (Å²) < 4.78 is 53.9. The molecule has 2 aromatic rings. The van der Waals surface area contributed by atoms with Crippen LogP contribution in [0.5, 0.6) is 5.75 Å². The molecule has 202 valence electrons. The minimum atomic E-state index is -3.98. The molecule has 2 aliphatic heterocycles. The van der Waals surface area contributed by atoms with E-state index in [-0.39, 0.29) is 53.9 Å². The largest absolute Gasteiger partial charge is 0.487 e. The molecule has 3 atom stereocenters. The first-order chi connectivity index (χ1) is 17.6. The molecule has 8 nitrogen and oxygen atoms in total. The van der Waals surface area contributed by atoms with Crippen molar-refractivity contribution >= 4 is 15.9 Å². The van der Waals surface area contributed by atoms with Gasteiger partial charge in [0.25, 0.3) is 0 Å². The van der Waals surface area contributed by atoms with E-state index < -0.39 is 22.2 Å². The summed E-state index contributed by atoms with van der Waals surface area (Å²) in [4.78, 5) is 14.8. The number of nitrogens with zero attached hydrogens (tertiary/aromatic N) is 2. The third-order valence-electron chi connectivity index (χ3n) is 7.25. The highest BCUT2D eigenvalue weighted by molar-refractivity contribution is 7.89. The Morgan fingerprint density at radius 2 is 1.81 bits per heavy atom. The predicted molar refractivity (Wildman–Crippen MR) is 137 cm³/mol. The number of carbonyl (C=O) groups excluding carboxylic acids is 1. The molecule has 0 aliphatic carbocycles. The molecule has 0 bridgehead atoms. The van der Waals surface area contributed by atoms with Crippen LogP contribution in [0, 0.1) is 17.7 Å². The summed E-state index contributed by atoms with van der Waals surface area (Å²) in [6.45, 7) is 4.75. The number of benzene rings is 2. The van der Waals surface area contributed by atoms with Gasteiger partial charge in [-0.05, 0) is 55.2 Å². The van der Waals surface area contributed by atoms with Crippen molar-refractivity contribution in [3.8, 4) is 16.9 Å². The third kappa shape index (κ3) is 5.98. The maximum absolute atomic E-state index is 13.7. The van der Waals surface area contributed by atoms with Crippen LogP contribution >= 0.6 is 0 Å². The first-order valence-electron chi connectivity index (χ1n) is 12.6. The van der Waals surface area contributed by atoms with Crippen molar-refractivity contribution in [3.63, 3.8) is 0 Å². The van der Waals surface area contributed by atoms with Crippen LogP contribution in [0.25, 0.3) is 11.1 Å². The molecule has 2 aromatic carbocycles. The van der Waals surface area contributed by atoms with Gasteiger partial charge in [-0.2, -0.15) is 4.31 Å². The van der Waals surface area contributed by atoms with Gasteiger partial charge in [-0.25, -0.2) is 12.8 Å². The fourth-order valence-electron chi connectivity index (χ4n) is 4.88. The lowest BCUT2D eigenvalue weighted by molar-refractivity contribution is -0.138. The number of fused-ring (bicyclic) bond motifs is 1. The molecule has 1 fully saturated rings. The predicted octanol–water partition coefficient (Wildman–Crippen LogP) is 3.15. The maximum atomic E-state index is 13.7. The summed E-state index contributed by atoms with van der Waals surface area (Å²) in [6.07, 6.45) is 0.849. The number of aliphatic hydroxyl groups excluding tert-OH is 1. The summed E-state index contributed by atoms with van der Waals surface area (Å²) in [7, 11) is -2.24. The van der Waals surface area contributed by atoms with E-state index >= 15 is 0 Å².